The smallest absolute Gasteiger partial charge is 0.336 e. The summed E-state index contributed by atoms with van der Waals surface area (Å²) in [5, 5.41) is 1.15. The van der Waals surface area contributed by atoms with Crippen LogP contribution < -0.4 is 11.3 Å². The van der Waals surface area contributed by atoms with Crippen molar-refractivity contribution in [2.45, 2.75) is 30.6 Å². The minimum atomic E-state index is -0.595. The molecule has 7 rings (SSSR count). The molecule has 6 aromatic rings. The van der Waals surface area contributed by atoms with E-state index in [0.717, 1.165) is 11.1 Å². The third-order valence-electron chi connectivity index (χ3n) is 8.51. The molecule has 4 nitrogen and oxygen atoms in total. The second-order valence-corrected chi connectivity index (χ2v) is 10.8. The van der Waals surface area contributed by atoms with Crippen LogP contribution in [0, 0.1) is 24.4 Å². The molecule has 0 saturated heterocycles. The van der Waals surface area contributed by atoms with E-state index in [2.05, 4.69) is 0 Å². The molecule has 1 aliphatic rings. The molecule has 2 aromatic heterocycles. The van der Waals surface area contributed by atoms with Crippen molar-refractivity contribution >= 4 is 21.9 Å². The molecule has 4 atom stereocenters. The molecular weight excluding hydrogens is 541 g/mol. The summed E-state index contributed by atoms with van der Waals surface area (Å²) in [6.07, 6.45) is 0. The van der Waals surface area contributed by atoms with Gasteiger partial charge in [0.1, 0.15) is 28.6 Å². The highest BCUT2D eigenvalue weighted by molar-refractivity contribution is 5.84. The Labute approximate surface area is 237 Å². The monoisotopic (exact) mass is 564 g/mol. The van der Waals surface area contributed by atoms with Crippen LogP contribution in [0.1, 0.15) is 51.5 Å². The Morgan fingerprint density at radius 2 is 1.05 bits per heavy atom. The molecule has 4 unspecified atom stereocenters. The van der Waals surface area contributed by atoms with E-state index in [0.29, 0.717) is 33.0 Å². The quantitative estimate of drug-likeness (QED) is 0.203. The van der Waals surface area contributed by atoms with Crippen LogP contribution in [0.15, 0.2) is 115 Å². The van der Waals surface area contributed by atoms with Crippen molar-refractivity contribution in [2.75, 3.05) is 0 Å². The SMILES string of the molecule is Cc1cc2oc(=O)cc(C3C(c4ccc(F)cc4)C(c4ccc(F)cc4)C3c3cc(=O)oc4ccccc34)c2cc1F. The van der Waals surface area contributed by atoms with Crippen molar-refractivity contribution in [1.29, 1.82) is 0 Å². The van der Waals surface area contributed by atoms with Gasteiger partial charge in [0.05, 0.1) is 0 Å². The minimum Gasteiger partial charge on any atom is -0.423 e. The molecule has 0 spiro atoms. The lowest BCUT2D eigenvalue weighted by molar-refractivity contribution is 0.230. The first-order valence-electron chi connectivity index (χ1n) is 13.6. The lowest BCUT2D eigenvalue weighted by Gasteiger charge is -2.54. The van der Waals surface area contributed by atoms with Crippen LogP contribution in [0.2, 0.25) is 0 Å². The first-order chi connectivity index (χ1) is 20.3. The van der Waals surface area contributed by atoms with E-state index in [1.165, 1.54) is 48.5 Å². The number of halogens is 3. The Morgan fingerprint density at radius 3 is 1.62 bits per heavy atom. The van der Waals surface area contributed by atoms with E-state index in [9.17, 15) is 22.8 Å². The van der Waals surface area contributed by atoms with E-state index < -0.39 is 40.5 Å². The van der Waals surface area contributed by atoms with Crippen LogP contribution in [0.5, 0.6) is 0 Å². The van der Waals surface area contributed by atoms with Crippen LogP contribution in [0.4, 0.5) is 13.2 Å². The zero-order chi connectivity index (χ0) is 29.1. The first kappa shape index (κ1) is 26.0. The Kier molecular flexibility index (Phi) is 6.12. The number of hydrogen-bond donors (Lipinski definition) is 0. The van der Waals surface area contributed by atoms with Gasteiger partial charge >= 0.3 is 11.3 Å². The van der Waals surface area contributed by atoms with Gasteiger partial charge in [-0.3, -0.25) is 0 Å². The fourth-order valence-electron chi connectivity index (χ4n) is 6.72. The highest BCUT2D eigenvalue weighted by Crippen LogP contribution is 2.67. The largest absolute Gasteiger partial charge is 0.423 e. The van der Waals surface area contributed by atoms with Crippen LogP contribution in [0.25, 0.3) is 21.9 Å². The molecule has 1 saturated carbocycles. The fourth-order valence-corrected chi connectivity index (χ4v) is 6.72. The molecule has 4 aromatic carbocycles. The van der Waals surface area contributed by atoms with Gasteiger partial charge in [-0.2, -0.15) is 0 Å². The highest BCUT2D eigenvalue weighted by atomic mass is 19.1. The maximum atomic E-state index is 15.0. The fraction of sp³-hybridized carbons (Fsp3) is 0.143. The van der Waals surface area contributed by atoms with Crippen molar-refractivity contribution in [1.82, 2.24) is 0 Å². The Morgan fingerprint density at radius 1 is 0.548 bits per heavy atom. The van der Waals surface area contributed by atoms with Crippen molar-refractivity contribution in [3.63, 3.8) is 0 Å². The van der Waals surface area contributed by atoms with E-state index in [1.54, 1.807) is 43.3 Å². The molecule has 0 N–H and O–H groups in total. The van der Waals surface area contributed by atoms with Gasteiger partial charge in [0.2, 0.25) is 0 Å². The van der Waals surface area contributed by atoms with E-state index in [1.807, 2.05) is 12.1 Å². The number of benzene rings is 4. The van der Waals surface area contributed by atoms with Gasteiger partial charge in [-0.15, -0.1) is 0 Å². The number of para-hydroxylation sites is 1. The molecule has 208 valence electrons. The standard InChI is InChI=1S/C35H23F3O4/c1-18-14-29-24(15-27(18)38)26(17-31(40)42-29)35-33(20-8-12-22(37)13-9-20)32(19-6-10-21(36)11-7-19)34(35)25-16-30(39)41-28-5-3-2-4-23(25)28/h2-17,32-35H,1H3. The molecule has 42 heavy (non-hydrogen) atoms. The van der Waals surface area contributed by atoms with Crippen molar-refractivity contribution in [2.24, 2.45) is 0 Å². The molecule has 7 heteroatoms. The summed E-state index contributed by atoms with van der Waals surface area (Å²) in [4.78, 5) is 25.8. The zero-order valence-corrected chi connectivity index (χ0v) is 22.3. The highest BCUT2D eigenvalue weighted by Gasteiger charge is 2.54. The second-order valence-electron chi connectivity index (χ2n) is 10.8. The van der Waals surface area contributed by atoms with Crippen LogP contribution in [0.3, 0.4) is 0 Å². The summed E-state index contributed by atoms with van der Waals surface area (Å²) in [6.45, 7) is 1.59. The van der Waals surface area contributed by atoms with Gasteiger partial charge in [-0.05, 0) is 101 Å². The molecular formula is C35H23F3O4. The van der Waals surface area contributed by atoms with Gasteiger partial charge in [0.25, 0.3) is 0 Å². The molecule has 0 amide bonds. The van der Waals surface area contributed by atoms with Crippen molar-refractivity contribution < 1.29 is 22.0 Å². The lowest BCUT2D eigenvalue weighted by Crippen LogP contribution is -2.41. The maximum Gasteiger partial charge on any atom is 0.336 e. The molecule has 1 aliphatic carbocycles. The molecule has 1 fully saturated rings. The average Bonchev–Trinajstić information content (AvgIpc) is 2.95. The average molecular weight is 565 g/mol. The third kappa shape index (κ3) is 4.24. The summed E-state index contributed by atoms with van der Waals surface area (Å²) in [5.41, 5.74) is 2.68. The summed E-state index contributed by atoms with van der Waals surface area (Å²) < 4.78 is 54.1. The summed E-state index contributed by atoms with van der Waals surface area (Å²) in [5.74, 6) is -2.80. The number of aryl methyl sites for hydroxylation is 1. The number of fused-ring (bicyclic) bond motifs is 2. The van der Waals surface area contributed by atoms with Crippen LogP contribution in [-0.2, 0) is 0 Å². The lowest BCUT2D eigenvalue weighted by atomic mass is 9.49. The van der Waals surface area contributed by atoms with Gasteiger partial charge in [-0.1, -0.05) is 42.5 Å². The topological polar surface area (TPSA) is 60.4 Å². The maximum absolute atomic E-state index is 15.0. The molecule has 0 bridgehead atoms. The summed E-state index contributed by atoms with van der Waals surface area (Å²) >= 11 is 0. The van der Waals surface area contributed by atoms with Gasteiger partial charge in [0, 0.05) is 22.9 Å². The second kappa shape index (κ2) is 9.87. The minimum absolute atomic E-state index is 0.246. The van der Waals surface area contributed by atoms with E-state index in [4.69, 9.17) is 8.83 Å². The third-order valence-corrected chi connectivity index (χ3v) is 8.51. The normalized spacial score (nSPS) is 20.1. The Bertz CT molecular complexity index is 2100. The van der Waals surface area contributed by atoms with Gasteiger partial charge < -0.3 is 8.83 Å². The number of rotatable bonds is 4. The molecule has 0 radical (unpaired) electrons. The molecule has 2 heterocycles. The van der Waals surface area contributed by atoms with E-state index in [-0.39, 0.29) is 17.4 Å². The number of hydrogen-bond acceptors (Lipinski definition) is 4. The van der Waals surface area contributed by atoms with Gasteiger partial charge in [0.15, 0.2) is 0 Å². The predicted molar refractivity (Wildman–Crippen MR) is 153 cm³/mol. The Balaban J connectivity index is 1.56. The summed E-state index contributed by atoms with van der Waals surface area (Å²) in [6, 6.07) is 25.2. The van der Waals surface area contributed by atoms with Gasteiger partial charge in [-0.25, -0.2) is 22.8 Å². The predicted octanol–water partition coefficient (Wildman–Crippen LogP) is 8.07. The zero-order valence-electron chi connectivity index (χ0n) is 22.3. The molecule has 0 aliphatic heterocycles. The van der Waals surface area contributed by atoms with Crippen molar-refractivity contribution in [3.8, 4) is 0 Å². The van der Waals surface area contributed by atoms with Crippen molar-refractivity contribution in [3.05, 3.63) is 163 Å². The van der Waals surface area contributed by atoms with E-state index >= 15 is 0 Å². The van der Waals surface area contributed by atoms with Crippen LogP contribution >= 0.6 is 0 Å². The van der Waals surface area contributed by atoms with Crippen LogP contribution in [-0.4, -0.2) is 0 Å². The first-order valence-corrected chi connectivity index (χ1v) is 13.6. The summed E-state index contributed by atoms with van der Waals surface area (Å²) in [7, 11) is 0. The Hall–Kier alpha value is -4.91.